The second kappa shape index (κ2) is 3.17. The van der Waals surface area contributed by atoms with Crippen molar-refractivity contribution in [1.29, 1.82) is 0 Å². The molecule has 0 heterocycles. The van der Waals surface area contributed by atoms with Crippen LogP contribution in [0.2, 0.25) is 0 Å². The summed E-state index contributed by atoms with van der Waals surface area (Å²) in [6.45, 7) is 0. The summed E-state index contributed by atoms with van der Waals surface area (Å²) in [5, 5.41) is 0. The Morgan fingerprint density at radius 1 is 1.22 bits per heavy atom. The minimum absolute atomic E-state index is 2.52. The molecule has 56 valence electrons. The minimum Gasteiger partial charge on any atom is -0.236 e. The highest BCUT2D eigenvalue weighted by atomic mass is 35.5. The van der Waals surface area contributed by atoms with Crippen molar-refractivity contribution in [2.75, 3.05) is 0 Å². The van der Waals surface area contributed by atoms with Crippen LogP contribution in [0.1, 0.15) is 0 Å². The van der Waals surface area contributed by atoms with E-state index in [4.69, 9.17) is 0 Å². The standard InChI is InChI=1S/C3H2Cl3F3/c4-2(8)1(7)3(5,6)9/h1-2H. The molecule has 0 aliphatic rings. The molecule has 2 atom stereocenters. The summed E-state index contributed by atoms with van der Waals surface area (Å²) in [6, 6.07) is 0. The lowest BCUT2D eigenvalue weighted by atomic mass is 10.5. The quantitative estimate of drug-likeness (QED) is 0.603. The Labute approximate surface area is 64.9 Å². The van der Waals surface area contributed by atoms with Crippen LogP contribution in [0.15, 0.2) is 0 Å². The SMILES string of the molecule is FC(Cl)C(F)C(F)(Cl)Cl. The molecule has 0 fully saturated rings. The first kappa shape index (κ1) is 9.66. The van der Waals surface area contributed by atoms with E-state index in [0.29, 0.717) is 0 Å². The fraction of sp³-hybridized carbons (Fsp3) is 1.00. The van der Waals surface area contributed by atoms with Crippen molar-refractivity contribution < 1.29 is 13.2 Å². The largest absolute Gasteiger partial charge is 0.292 e. The van der Waals surface area contributed by atoms with Crippen LogP contribution in [0.4, 0.5) is 13.2 Å². The van der Waals surface area contributed by atoms with Crippen molar-refractivity contribution in [2.24, 2.45) is 0 Å². The van der Waals surface area contributed by atoms with E-state index in [9.17, 15) is 13.2 Å². The van der Waals surface area contributed by atoms with Crippen molar-refractivity contribution in [3.05, 3.63) is 0 Å². The van der Waals surface area contributed by atoms with Crippen molar-refractivity contribution in [3.8, 4) is 0 Å². The maximum Gasteiger partial charge on any atom is 0.292 e. The molecule has 0 saturated carbocycles. The number of hydrogen-bond acceptors (Lipinski definition) is 0. The number of hydrogen-bond donors (Lipinski definition) is 0. The Hall–Kier alpha value is 0.660. The van der Waals surface area contributed by atoms with Gasteiger partial charge in [0.05, 0.1) is 0 Å². The average Bonchev–Trinajstić information content (AvgIpc) is 1.62. The number of alkyl halides is 6. The zero-order valence-corrected chi connectivity index (χ0v) is 6.19. The van der Waals surface area contributed by atoms with E-state index in [-0.39, 0.29) is 0 Å². The van der Waals surface area contributed by atoms with Crippen LogP contribution in [0, 0.1) is 0 Å². The maximum absolute atomic E-state index is 11.9. The molecule has 0 rings (SSSR count). The topological polar surface area (TPSA) is 0 Å². The molecule has 6 heteroatoms. The Kier molecular flexibility index (Phi) is 3.40. The molecule has 0 aromatic rings. The van der Waals surface area contributed by atoms with Crippen LogP contribution in [0.25, 0.3) is 0 Å². The molecule has 0 aliphatic carbocycles. The van der Waals surface area contributed by atoms with Crippen LogP contribution in [-0.2, 0) is 0 Å². The second-order valence-corrected chi connectivity index (χ2v) is 2.99. The van der Waals surface area contributed by atoms with Crippen molar-refractivity contribution in [3.63, 3.8) is 0 Å². The summed E-state index contributed by atoms with van der Waals surface area (Å²) in [6.07, 6.45) is -2.72. The van der Waals surface area contributed by atoms with E-state index < -0.39 is 16.4 Å². The van der Waals surface area contributed by atoms with Gasteiger partial charge in [0, 0.05) is 0 Å². The highest BCUT2D eigenvalue weighted by molar-refractivity contribution is 6.47. The smallest absolute Gasteiger partial charge is 0.236 e. The Morgan fingerprint density at radius 3 is 1.56 bits per heavy atom. The van der Waals surface area contributed by atoms with Gasteiger partial charge in [-0.25, -0.2) is 13.2 Å². The zero-order chi connectivity index (χ0) is 7.65. The molecule has 0 aliphatic heterocycles. The van der Waals surface area contributed by atoms with Crippen LogP contribution < -0.4 is 0 Å². The molecule has 0 spiro atoms. The van der Waals surface area contributed by atoms with Crippen LogP contribution in [0.5, 0.6) is 0 Å². The number of rotatable bonds is 2. The van der Waals surface area contributed by atoms with Gasteiger partial charge in [-0.1, -0.05) is 34.8 Å². The van der Waals surface area contributed by atoms with Gasteiger partial charge in [-0.05, 0) is 0 Å². The summed E-state index contributed by atoms with van der Waals surface area (Å²) in [5.74, 6) is 0. The molecule has 0 radical (unpaired) electrons. The molecule has 0 saturated heterocycles. The highest BCUT2D eigenvalue weighted by Gasteiger charge is 2.40. The van der Waals surface area contributed by atoms with Gasteiger partial charge in [0.2, 0.25) is 11.8 Å². The third kappa shape index (κ3) is 3.38. The Bertz CT molecular complexity index is 88.8. The summed E-state index contributed by atoms with van der Waals surface area (Å²) in [5.41, 5.74) is -2.52. The average molecular weight is 201 g/mol. The van der Waals surface area contributed by atoms with Gasteiger partial charge in [0.15, 0.2) is 0 Å². The lowest BCUT2D eigenvalue weighted by molar-refractivity contribution is 0.142. The predicted molar refractivity (Wildman–Crippen MR) is 31.2 cm³/mol. The van der Waals surface area contributed by atoms with E-state index in [1.807, 2.05) is 0 Å². The van der Waals surface area contributed by atoms with E-state index in [1.165, 1.54) is 0 Å². The van der Waals surface area contributed by atoms with Gasteiger partial charge >= 0.3 is 0 Å². The summed E-state index contributed by atoms with van der Waals surface area (Å²) in [4.78, 5) is 0. The molecule has 0 aromatic heterocycles. The lowest BCUT2D eigenvalue weighted by Crippen LogP contribution is -2.28. The maximum atomic E-state index is 11.9. The number of halogens is 6. The van der Waals surface area contributed by atoms with E-state index in [1.54, 1.807) is 0 Å². The van der Waals surface area contributed by atoms with Gasteiger partial charge in [-0.15, -0.1) is 0 Å². The van der Waals surface area contributed by atoms with Crippen LogP contribution in [-0.4, -0.2) is 16.4 Å². The first-order valence-electron chi connectivity index (χ1n) is 1.84. The lowest BCUT2D eigenvalue weighted by Gasteiger charge is -2.13. The monoisotopic (exact) mass is 200 g/mol. The highest BCUT2D eigenvalue weighted by Crippen LogP contribution is 2.33. The van der Waals surface area contributed by atoms with Crippen molar-refractivity contribution in [2.45, 2.75) is 16.4 Å². The fourth-order valence-electron chi connectivity index (χ4n) is 0.143. The molecular formula is C3H2Cl3F3. The van der Waals surface area contributed by atoms with E-state index >= 15 is 0 Å². The first-order valence-corrected chi connectivity index (χ1v) is 3.04. The van der Waals surface area contributed by atoms with Crippen molar-refractivity contribution >= 4 is 34.8 Å². The van der Waals surface area contributed by atoms with E-state index in [2.05, 4.69) is 34.8 Å². The van der Waals surface area contributed by atoms with Gasteiger partial charge in [0.25, 0.3) is 4.59 Å². The summed E-state index contributed by atoms with van der Waals surface area (Å²) in [7, 11) is 0. The summed E-state index contributed by atoms with van der Waals surface area (Å²) >= 11 is 13.4. The van der Waals surface area contributed by atoms with Gasteiger partial charge < -0.3 is 0 Å². The second-order valence-electron chi connectivity index (χ2n) is 1.28. The Morgan fingerprint density at radius 2 is 1.56 bits per heavy atom. The molecule has 0 aromatic carbocycles. The zero-order valence-electron chi connectivity index (χ0n) is 3.92. The molecule has 0 amide bonds. The first-order chi connectivity index (χ1) is 3.85. The third-order valence-corrected chi connectivity index (χ3v) is 1.17. The van der Waals surface area contributed by atoms with Crippen molar-refractivity contribution in [1.82, 2.24) is 0 Å². The summed E-state index contributed by atoms with van der Waals surface area (Å²) < 4.78 is 32.1. The molecule has 0 nitrogen and oxygen atoms in total. The van der Waals surface area contributed by atoms with E-state index in [0.717, 1.165) is 0 Å². The normalized spacial score (nSPS) is 19.3. The van der Waals surface area contributed by atoms with Gasteiger partial charge in [0.1, 0.15) is 0 Å². The van der Waals surface area contributed by atoms with Crippen LogP contribution >= 0.6 is 34.8 Å². The Balaban J connectivity index is 3.88. The van der Waals surface area contributed by atoms with Gasteiger partial charge in [-0.3, -0.25) is 0 Å². The minimum atomic E-state index is -3.25. The molecule has 0 N–H and O–H groups in total. The molecule has 2 unspecified atom stereocenters. The van der Waals surface area contributed by atoms with Gasteiger partial charge in [-0.2, -0.15) is 0 Å². The predicted octanol–water partition coefficient (Wildman–Crippen LogP) is 2.96. The van der Waals surface area contributed by atoms with Crippen LogP contribution in [0.3, 0.4) is 0 Å². The molecule has 0 bridgehead atoms. The fourth-order valence-corrected chi connectivity index (χ4v) is 0.667. The third-order valence-electron chi connectivity index (χ3n) is 0.534. The molecule has 9 heavy (non-hydrogen) atoms. The molecular weight excluding hydrogens is 199 g/mol.